The molecule has 1 atom stereocenters. The third-order valence-electron chi connectivity index (χ3n) is 2.78. The Labute approximate surface area is 105 Å². The predicted molar refractivity (Wildman–Crippen MR) is 67.6 cm³/mol. The number of ether oxygens (including phenoxy) is 1. The van der Waals surface area contributed by atoms with Crippen LogP contribution in [0.2, 0.25) is 0 Å². The SMILES string of the molecule is Oc1cccc(C2CN=C(c3ccccn3)O2)c1. The second kappa shape index (κ2) is 4.49. The summed E-state index contributed by atoms with van der Waals surface area (Å²) in [6.45, 7) is 0.551. The van der Waals surface area contributed by atoms with E-state index in [1.165, 1.54) is 0 Å². The van der Waals surface area contributed by atoms with Gasteiger partial charge >= 0.3 is 0 Å². The van der Waals surface area contributed by atoms with Gasteiger partial charge in [0.1, 0.15) is 17.5 Å². The number of aliphatic imine (C=N–C) groups is 1. The molecule has 4 heteroatoms. The molecule has 1 aliphatic rings. The molecule has 90 valence electrons. The van der Waals surface area contributed by atoms with Crippen LogP contribution in [0, 0.1) is 0 Å². The lowest BCUT2D eigenvalue weighted by Crippen LogP contribution is -2.07. The number of rotatable bonds is 2. The van der Waals surface area contributed by atoms with Crippen LogP contribution in [0.4, 0.5) is 0 Å². The standard InChI is InChI=1S/C14H12N2O2/c17-11-5-3-4-10(8-11)13-9-16-14(18-13)12-6-1-2-7-15-12/h1-8,13,17H,9H2. The molecule has 0 aliphatic carbocycles. The van der Waals surface area contributed by atoms with Crippen molar-refractivity contribution >= 4 is 5.90 Å². The Kier molecular flexibility index (Phi) is 2.68. The molecule has 1 aromatic heterocycles. The van der Waals surface area contributed by atoms with Gasteiger partial charge in [0.2, 0.25) is 5.90 Å². The van der Waals surface area contributed by atoms with E-state index >= 15 is 0 Å². The van der Waals surface area contributed by atoms with Gasteiger partial charge in [-0.1, -0.05) is 18.2 Å². The number of hydrogen-bond acceptors (Lipinski definition) is 4. The first-order chi connectivity index (χ1) is 8.83. The topological polar surface area (TPSA) is 54.7 Å². The lowest BCUT2D eigenvalue weighted by molar-refractivity contribution is 0.229. The first-order valence-corrected chi connectivity index (χ1v) is 5.74. The molecule has 1 aliphatic heterocycles. The quantitative estimate of drug-likeness (QED) is 0.876. The van der Waals surface area contributed by atoms with Gasteiger partial charge in [-0.3, -0.25) is 4.98 Å². The van der Waals surface area contributed by atoms with Crippen LogP contribution >= 0.6 is 0 Å². The van der Waals surface area contributed by atoms with Crippen molar-refractivity contribution in [3.05, 3.63) is 59.9 Å². The molecule has 0 amide bonds. The number of hydrogen-bond donors (Lipinski definition) is 1. The van der Waals surface area contributed by atoms with Crippen molar-refractivity contribution in [3.63, 3.8) is 0 Å². The van der Waals surface area contributed by atoms with E-state index in [0.717, 1.165) is 11.3 Å². The van der Waals surface area contributed by atoms with Gasteiger partial charge in [-0.2, -0.15) is 0 Å². The lowest BCUT2D eigenvalue weighted by Gasteiger charge is -2.11. The zero-order valence-electron chi connectivity index (χ0n) is 9.65. The molecule has 2 heterocycles. The zero-order chi connectivity index (χ0) is 12.4. The molecule has 4 nitrogen and oxygen atoms in total. The summed E-state index contributed by atoms with van der Waals surface area (Å²) in [7, 11) is 0. The molecular formula is C14H12N2O2. The summed E-state index contributed by atoms with van der Waals surface area (Å²) < 4.78 is 5.76. The summed E-state index contributed by atoms with van der Waals surface area (Å²) in [4.78, 5) is 8.54. The summed E-state index contributed by atoms with van der Waals surface area (Å²) in [5.74, 6) is 0.798. The average molecular weight is 240 g/mol. The fraction of sp³-hybridized carbons (Fsp3) is 0.143. The summed E-state index contributed by atoms with van der Waals surface area (Å²) in [5, 5.41) is 9.45. The maximum Gasteiger partial charge on any atom is 0.236 e. The lowest BCUT2D eigenvalue weighted by atomic mass is 10.1. The number of benzene rings is 1. The average Bonchev–Trinajstić information content (AvgIpc) is 2.89. The van der Waals surface area contributed by atoms with Crippen LogP contribution in [0.5, 0.6) is 5.75 Å². The number of aromatic nitrogens is 1. The second-order valence-corrected chi connectivity index (χ2v) is 4.06. The minimum atomic E-state index is -0.144. The largest absolute Gasteiger partial charge is 0.508 e. The van der Waals surface area contributed by atoms with Gasteiger partial charge < -0.3 is 9.84 Å². The number of aromatic hydroxyl groups is 1. The van der Waals surface area contributed by atoms with Crippen molar-refractivity contribution in [1.82, 2.24) is 4.98 Å². The molecule has 1 N–H and O–H groups in total. The molecule has 1 unspecified atom stereocenters. The van der Waals surface area contributed by atoms with Crippen molar-refractivity contribution in [3.8, 4) is 5.75 Å². The number of nitrogens with zero attached hydrogens (tertiary/aromatic N) is 2. The molecule has 3 rings (SSSR count). The molecule has 1 aromatic carbocycles. The van der Waals surface area contributed by atoms with E-state index < -0.39 is 0 Å². The molecule has 0 bridgehead atoms. The number of phenolic OH excluding ortho intramolecular Hbond substituents is 1. The van der Waals surface area contributed by atoms with Crippen molar-refractivity contribution < 1.29 is 9.84 Å². The Hall–Kier alpha value is -2.36. The van der Waals surface area contributed by atoms with Crippen LogP contribution in [-0.4, -0.2) is 22.5 Å². The van der Waals surface area contributed by atoms with Gasteiger partial charge in [-0.15, -0.1) is 0 Å². The first-order valence-electron chi connectivity index (χ1n) is 5.74. The minimum Gasteiger partial charge on any atom is -0.508 e. The van der Waals surface area contributed by atoms with Gasteiger partial charge in [-0.05, 0) is 29.8 Å². The summed E-state index contributed by atoms with van der Waals surface area (Å²) in [5.41, 5.74) is 1.66. The van der Waals surface area contributed by atoms with Crippen molar-refractivity contribution in [2.24, 2.45) is 4.99 Å². The minimum absolute atomic E-state index is 0.144. The monoisotopic (exact) mass is 240 g/mol. The Morgan fingerprint density at radius 2 is 2.11 bits per heavy atom. The van der Waals surface area contributed by atoms with Gasteiger partial charge in [-0.25, -0.2) is 4.99 Å². The number of pyridine rings is 1. The maximum atomic E-state index is 9.45. The van der Waals surface area contributed by atoms with Crippen LogP contribution in [0.3, 0.4) is 0 Å². The summed E-state index contributed by atoms with van der Waals surface area (Å²) in [6.07, 6.45) is 1.57. The van der Waals surface area contributed by atoms with Gasteiger partial charge in [0.05, 0.1) is 6.54 Å². The van der Waals surface area contributed by atoms with Crippen LogP contribution in [-0.2, 0) is 4.74 Å². The van der Waals surface area contributed by atoms with Crippen molar-refractivity contribution in [2.75, 3.05) is 6.54 Å². The Bertz CT molecular complexity index is 581. The predicted octanol–water partition coefficient (Wildman–Crippen LogP) is 2.31. The summed E-state index contributed by atoms with van der Waals surface area (Å²) in [6, 6.07) is 12.7. The Morgan fingerprint density at radius 3 is 2.89 bits per heavy atom. The highest BCUT2D eigenvalue weighted by molar-refractivity contribution is 5.93. The fourth-order valence-corrected chi connectivity index (χ4v) is 1.90. The van der Waals surface area contributed by atoms with E-state index in [0.29, 0.717) is 12.4 Å². The fourth-order valence-electron chi connectivity index (χ4n) is 1.90. The normalized spacial score (nSPS) is 18.2. The van der Waals surface area contributed by atoms with Gasteiger partial charge in [0.15, 0.2) is 0 Å². The smallest absolute Gasteiger partial charge is 0.236 e. The highest BCUT2D eigenvalue weighted by Crippen LogP contribution is 2.26. The zero-order valence-corrected chi connectivity index (χ0v) is 9.65. The first kappa shape index (κ1) is 10.8. The molecular weight excluding hydrogens is 228 g/mol. The molecule has 0 saturated heterocycles. The van der Waals surface area contributed by atoms with E-state index in [-0.39, 0.29) is 11.9 Å². The summed E-state index contributed by atoms with van der Waals surface area (Å²) >= 11 is 0. The van der Waals surface area contributed by atoms with E-state index in [1.807, 2.05) is 24.3 Å². The molecule has 2 aromatic rings. The molecule has 0 spiro atoms. The molecule has 0 saturated carbocycles. The Morgan fingerprint density at radius 1 is 1.17 bits per heavy atom. The third-order valence-corrected chi connectivity index (χ3v) is 2.78. The van der Waals surface area contributed by atoms with E-state index in [2.05, 4.69) is 9.98 Å². The van der Waals surface area contributed by atoms with Gasteiger partial charge in [0.25, 0.3) is 0 Å². The third kappa shape index (κ3) is 2.05. The van der Waals surface area contributed by atoms with Crippen LogP contribution < -0.4 is 0 Å². The van der Waals surface area contributed by atoms with Gasteiger partial charge in [0, 0.05) is 6.20 Å². The molecule has 18 heavy (non-hydrogen) atoms. The highest BCUT2D eigenvalue weighted by atomic mass is 16.5. The Balaban J connectivity index is 1.79. The van der Waals surface area contributed by atoms with Crippen LogP contribution in [0.15, 0.2) is 53.7 Å². The van der Waals surface area contributed by atoms with Crippen molar-refractivity contribution in [1.29, 1.82) is 0 Å². The van der Waals surface area contributed by atoms with Crippen LogP contribution in [0.25, 0.3) is 0 Å². The number of phenols is 1. The van der Waals surface area contributed by atoms with Crippen molar-refractivity contribution in [2.45, 2.75) is 6.10 Å². The van der Waals surface area contributed by atoms with E-state index in [1.54, 1.807) is 24.4 Å². The second-order valence-electron chi connectivity index (χ2n) is 4.06. The maximum absolute atomic E-state index is 9.45. The van der Waals surface area contributed by atoms with E-state index in [4.69, 9.17) is 4.74 Å². The molecule has 0 fully saturated rings. The van der Waals surface area contributed by atoms with E-state index in [9.17, 15) is 5.11 Å². The highest BCUT2D eigenvalue weighted by Gasteiger charge is 2.23. The van der Waals surface area contributed by atoms with Crippen LogP contribution in [0.1, 0.15) is 17.4 Å². The molecule has 0 radical (unpaired) electrons.